The summed E-state index contributed by atoms with van der Waals surface area (Å²) >= 11 is 0. The molecule has 0 saturated carbocycles. The molecule has 96 valence electrons. The van der Waals surface area contributed by atoms with E-state index in [1.807, 2.05) is 19.0 Å². The first-order valence-electron chi connectivity index (χ1n) is 5.51. The molecule has 1 aromatic heterocycles. The SMILES string of the molecule is CN(C)CC(C)(O)CNC(=O)Cc1ccn[nH]1. The number of carbonyl (C=O) groups is 1. The van der Waals surface area contributed by atoms with Crippen LogP contribution in [0.25, 0.3) is 0 Å². The van der Waals surface area contributed by atoms with E-state index < -0.39 is 5.60 Å². The van der Waals surface area contributed by atoms with Crippen LogP contribution in [-0.2, 0) is 11.2 Å². The van der Waals surface area contributed by atoms with Gasteiger partial charge in [0.25, 0.3) is 0 Å². The Hall–Kier alpha value is -1.40. The summed E-state index contributed by atoms with van der Waals surface area (Å²) in [5, 5.41) is 19.2. The minimum Gasteiger partial charge on any atom is -0.387 e. The lowest BCUT2D eigenvalue weighted by Gasteiger charge is -2.27. The van der Waals surface area contributed by atoms with Gasteiger partial charge < -0.3 is 15.3 Å². The van der Waals surface area contributed by atoms with Crippen molar-refractivity contribution >= 4 is 5.91 Å². The number of aromatic amines is 1. The van der Waals surface area contributed by atoms with Crippen molar-refractivity contribution in [3.63, 3.8) is 0 Å². The van der Waals surface area contributed by atoms with Crippen LogP contribution in [-0.4, -0.2) is 58.9 Å². The summed E-state index contributed by atoms with van der Waals surface area (Å²) in [7, 11) is 3.75. The van der Waals surface area contributed by atoms with Gasteiger partial charge in [0.2, 0.25) is 5.91 Å². The second-order valence-electron chi connectivity index (χ2n) is 4.77. The van der Waals surface area contributed by atoms with Gasteiger partial charge in [-0.05, 0) is 27.1 Å². The number of aliphatic hydroxyl groups is 1. The minimum atomic E-state index is -0.923. The van der Waals surface area contributed by atoms with E-state index >= 15 is 0 Å². The van der Waals surface area contributed by atoms with Crippen LogP contribution >= 0.6 is 0 Å². The Morgan fingerprint density at radius 2 is 2.35 bits per heavy atom. The minimum absolute atomic E-state index is 0.131. The topological polar surface area (TPSA) is 81.2 Å². The summed E-state index contributed by atoms with van der Waals surface area (Å²) in [5.74, 6) is -0.131. The first kappa shape index (κ1) is 13.7. The highest BCUT2D eigenvalue weighted by molar-refractivity contribution is 5.78. The van der Waals surface area contributed by atoms with E-state index in [2.05, 4.69) is 15.5 Å². The van der Waals surface area contributed by atoms with E-state index in [9.17, 15) is 9.90 Å². The van der Waals surface area contributed by atoms with E-state index in [4.69, 9.17) is 0 Å². The fourth-order valence-corrected chi connectivity index (χ4v) is 1.64. The Morgan fingerprint density at radius 1 is 1.65 bits per heavy atom. The molecule has 6 nitrogen and oxygen atoms in total. The van der Waals surface area contributed by atoms with E-state index in [0.717, 1.165) is 5.69 Å². The number of H-pyrrole nitrogens is 1. The monoisotopic (exact) mass is 240 g/mol. The van der Waals surface area contributed by atoms with Crippen LogP contribution in [0.2, 0.25) is 0 Å². The second kappa shape index (κ2) is 5.79. The highest BCUT2D eigenvalue weighted by atomic mass is 16.3. The summed E-state index contributed by atoms with van der Waals surface area (Å²) in [5.41, 5.74) is -0.164. The Balaban J connectivity index is 2.32. The van der Waals surface area contributed by atoms with Gasteiger partial charge in [0.05, 0.1) is 12.0 Å². The standard InChI is InChI=1S/C11H20N4O2/c1-11(17,8-15(2)3)7-12-10(16)6-9-4-5-13-14-9/h4-5,17H,6-8H2,1-3H3,(H,12,16)(H,13,14). The van der Waals surface area contributed by atoms with Crippen molar-refractivity contribution in [1.82, 2.24) is 20.4 Å². The number of hydrogen-bond donors (Lipinski definition) is 3. The van der Waals surface area contributed by atoms with Gasteiger partial charge in [0.1, 0.15) is 0 Å². The van der Waals surface area contributed by atoms with Gasteiger partial charge in [-0.25, -0.2) is 0 Å². The number of rotatable bonds is 6. The average molecular weight is 240 g/mol. The molecule has 3 N–H and O–H groups in total. The Bertz CT molecular complexity index is 346. The molecule has 0 aliphatic heterocycles. The zero-order valence-electron chi connectivity index (χ0n) is 10.5. The normalized spacial score (nSPS) is 14.6. The summed E-state index contributed by atoms with van der Waals surface area (Å²) in [6.45, 7) is 2.43. The molecular formula is C11H20N4O2. The highest BCUT2D eigenvalue weighted by Gasteiger charge is 2.22. The summed E-state index contributed by atoms with van der Waals surface area (Å²) in [6, 6.07) is 1.75. The summed E-state index contributed by atoms with van der Waals surface area (Å²) < 4.78 is 0. The van der Waals surface area contributed by atoms with Crippen LogP contribution in [0, 0.1) is 0 Å². The van der Waals surface area contributed by atoms with Gasteiger partial charge in [0.15, 0.2) is 0 Å². The van der Waals surface area contributed by atoms with Crippen LogP contribution in [0.5, 0.6) is 0 Å². The molecule has 17 heavy (non-hydrogen) atoms. The zero-order chi connectivity index (χ0) is 12.9. The molecule has 1 unspecified atom stereocenters. The molecule has 1 rings (SSSR count). The fourth-order valence-electron chi connectivity index (χ4n) is 1.64. The van der Waals surface area contributed by atoms with Gasteiger partial charge in [-0.15, -0.1) is 0 Å². The number of hydrogen-bond acceptors (Lipinski definition) is 4. The van der Waals surface area contributed by atoms with E-state index in [1.165, 1.54) is 0 Å². The molecule has 0 saturated heterocycles. The molecule has 6 heteroatoms. The number of carbonyl (C=O) groups excluding carboxylic acids is 1. The van der Waals surface area contributed by atoms with Crippen LogP contribution in [0.1, 0.15) is 12.6 Å². The van der Waals surface area contributed by atoms with Crippen LogP contribution in [0.3, 0.4) is 0 Å². The number of likely N-dealkylation sites (N-methyl/N-ethyl adjacent to an activating group) is 1. The number of nitrogens with zero attached hydrogens (tertiary/aromatic N) is 2. The molecule has 1 aromatic rings. The van der Waals surface area contributed by atoms with Gasteiger partial charge in [0, 0.05) is 25.0 Å². The Labute approximate surface area is 101 Å². The van der Waals surface area contributed by atoms with Gasteiger partial charge >= 0.3 is 0 Å². The molecule has 0 aliphatic carbocycles. The van der Waals surface area contributed by atoms with Crippen molar-refractivity contribution in [1.29, 1.82) is 0 Å². The predicted octanol–water partition coefficient (Wildman–Crippen LogP) is -0.619. The van der Waals surface area contributed by atoms with E-state index in [-0.39, 0.29) is 18.9 Å². The second-order valence-corrected chi connectivity index (χ2v) is 4.77. The third-order valence-electron chi connectivity index (χ3n) is 2.23. The van der Waals surface area contributed by atoms with Crippen LogP contribution in [0.15, 0.2) is 12.3 Å². The van der Waals surface area contributed by atoms with Crippen molar-refractivity contribution in [2.24, 2.45) is 0 Å². The third kappa shape index (κ3) is 5.46. The van der Waals surface area contributed by atoms with Gasteiger partial charge in [-0.3, -0.25) is 9.89 Å². The zero-order valence-corrected chi connectivity index (χ0v) is 10.5. The molecule has 0 spiro atoms. The van der Waals surface area contributed by atoms with Gasteiger partial charge in [-0.2, -0.15) is 5.10 Å². The smallest absolute Gasteiger partial charge is 0.226 e. The molecule has 1 heterocycles. The number of nitrogens with one attached hydrogen (secondary N) is 2. The van der Waals surface area contributed by atoms with Crippen molar-refractivity contribution in [2.75, 3.05) is 27.2 Å². The van der Waals surface area contributed by atoms with Crippen molar-refractivity contribution in [2.45, 2.75) is 18.9 Å². The average Bonchev–Trinajstić information content (AvgIpc) is 2.65. The quantitative estimate of drug-likeness (QED) is 0.619. The summed E-state index contributed by atoms with van der Waals surface area (Å²) in [4.78, 5) is 13.4. The molecule has 1 atom stereocenters. The molecular weight excluding hydrogens is 220 g/mol. The summed E-state index contributed by atoms with van der Waals surface area (Å²) in [6.07, 6.45) is 1.85. The lowest BCUT2D eigenvalue weighted by Crippen LogP contribution is -2.47. The van der Waals surface area contributed by atoms with E-state index in [1.54, 1.807) is 19.2 Å². The van der Waals surface area contributed by atoms with Crippen molar-refractivity contribution in [3.05, 3.63) is 18.0 Å². The maximum atomic E-state index is 11.6. The molecule has 0 aromatic carbocycles. The molecule has 0 fully saturated rings. The Kier molecular flexibility index (Phi) is 4.65. The molecule has 0 bridgehead atoms. The maximum absolute atomic E-state index is 11.6. The van der Waals surface area contributed by atoms with E-state index in [0.29, 0.717) is 6.54 Å². The van der Waals surface area contributed by atoms with Crippen molar-refractivity contribution in [3.8, 4) is 0 Å². The fraction of sp³-hybridized carbons (Fsp3) is 0.636. The van der Waals surface area contributed by atoms with Gasteiger partial charge in [-0.1, -0.05) is 0 Å². The highest BCUT2D eigenvalue weighted by Crippen LogP contribution is 2.02. The third-order valence-corrected chi connectivity index (χ3v) is 2.23. The Morgan fingerprint density at radius 3 is 2.88 bits per heavy atom. The lowest BCUT2D eigenvalue weighted by atomic mass is 10.1. The molecule has 1 amide bonds. The molecule has 0 aliphatic rings. The maximum Gasteiger partial charge on any atom is 0.226 e. The lowest BCUT2D eigenvalue weighted by molar-refractivity contribution is -0.121. The predicted molar refractivity (Wildman–Crippen MR) is 64.5 cm³/mol. The number of amides is 1. The first-order valence-corrected chi connectivity index (χ1v) is 5.51. The van der Waals surface area contributed by atoms with Crippen LogP contribution < -0.4 is 5.32 Å². The number of aromatic nitrogens is 2. The van der Waals surface area contributed by atoms with Crippen LogP contribution in [0.4, 0.5) is 0 Å². The molecule has 0 radical (unpaired) electrons. The van der Waals surface area contributed by atoms with Crippen molar-refractivity contribution < 1.29 is 9.90 Å². The largest absolute Gasteiger partial charge is 0.387 e. The first-order chi connectivity index (χ1) is 7.89.